The van der Waals surface area contributed by atoms with E-state index in [1.54, 1.807) is 17.7 Å². The molecule has 1 fully saturated rings. The van der Waals surface area contributed by atoms with Gasteiger partial charge in [-0.1, -0.05) is 13.8 Å². The van der Waals surface area contributed by atoms with Gasteiger partial charge in [0.2, 0.25) is 11.9 Å². The fourth-order valence-electron chi connectivity index (χ4n) is 3.12. The van der Waals surface area contributed by atoms with Gasteiger partial charge in [0.15, 0.2) is 0 Å². The van der Waals surface area contributed by atoms with Crippen LogP contribution in [0.1, 0.15) is 25.6 Å². The molecule has 4 rings (SSSR count). The number of aromatic nitrogens is 5. The quantitative estimate of drug-likeness (QED) is 0.679. The molecule has 0 bridgehead atoms. The minimum atomic E-state index is 0.264. The molecule has 3 aromatic heterocycles. The second-order valence-electron chi connectivity index (χ2n) is 7.15. The van der Waals surface area contributed by atoms with Gasteiger partial charge in [-0.25, -0.2) is 9.97 Å². The summed E-state index contributed by atoms with van der Waals surface area (Å²) in [6.45, 7) is 7.67. The Morgan fingerprint density at radius 3 is 2.44 bits per heavy atom. The van der Waals surface area contributed by atoms with Crippen LogP contribution >= 0.6 is 11.3 Å². The lowest BCUT2D eigenvalue weighted by Gasteiger charge is -2.35. The monoisotopic (exact) mass is 384 g/mol. The number of piperazine rings is 1. The van der Waals surface area contributed by atoms with E-state index < -0.39 is 0 Å². The van der Waals surface area contributed by atoms with Crippen LogP contribution in [0.5, 0.6) is 0 Å². The van der Waals surface area contributed by atoms with Crippen molar-refractivity contribution >= 4 is 39.3 Å². The molecule has 0 aromatic carbocycles. The number of fused-ring (bicyclic) bond motifs is 1. The summed E-state index contributed by atoms with van der Waals surface area (Å²) in [4.78, 5) is 30.4. The molecule has 27 heavy (non-hydrogen) atoms. The molecule has 142 valence electrons. The summed E-state index contributed by atoms with van der Waals surface area (Å²) in [6.07, 6.45) is 1.66. The maximum Gasteiger partial charge on any atom is 0.230 e. The largest absolute Gasteiger partial charge is 0.352 e. The molecule has 0 unspecified atom stereocenters. The van der Waals surface area contributed by atoms with Gasteiger partial charge >= 0.3 is 0 Å². The van der Waals surface area contributed by atoms with Crippen LogP contribution < -0.4 is 14.7 Å². The average Bonchev–Trinajstić information content (AvgIpc) is 3.16. The first-order valence-electron chi connectivity index (χ1n) is 9.14. The summed E-state index contributed by atoms with van der Waals surface area (Å²) in [7, 11) is 3.92. The fourth-order valence-corrected chi connectivity index (χ4v) is 3.84. The third kappa shape index (κ3) is 3.51. The van der Waals surface area contributed by atoms with Gasteiger partial charge in [0.1, 0.15) is 22.8 Å². The van der Waals surface area contributed by atoms with Crippen molar-refractivity contribution in [3.05, 3.63) is 23.6 Å². The smallest absolute Gasteiger partial charge is 0.230 e. The summed E-state index contributed by atoms with van der Waals surface area (Å²) >= 11 is 1.65. The Morgan fingerprint density at radius 2 is 1.74 bits per heavy atom. The van der Waals surface area contributed by atoms with Crippen molar-refractivity contribution < 1.29 is 0 Å². The maximum atomic E-state index is 4.71. The summed E-state index contributed by atoms with van der Waals surface area (Å²) in [5.41, 5.74) is 0. The zero-order valence-electron chi connectivity index (χ0n) is 16.1. The van der Waals surface area contributed by atoms with Gasteiger partial charge in [0.05, 0.1) is 5.39 Å². The Labute approximate surface area is 162 Å². The van der Waals surface area contributed by atoms with Crippen molar-refractivity contribution in [2.24, 2.45) is 0 Å². The number of rotatable bonds is 4. The SMILES string of the molecule is CC(C)c1nc(N(C)C)nc(N2CCN(c3ncnc4sccc34)CC2)n1. The molecule has 4 heterocycles. The molecule has 0 radical (unpaired) electrons. The molecule has 0 N–H and O–H groups in total. The molecular formula is C18H24N8S. The standard InChI is InChI=1S/C18H24N8S/c1-12(2)14-21-17(24(3)4)23-18(22-14)26-8-6-25(7-9-26)15-13-5-10-27-16(13)20-11-19-15/h5,10-12H,6-9H2,1-4H3. The lowest BCUT2D eigenvalue weighted by Crippen LogP contribution is -2.47. The Bertz CT molecular complexity index is 904. The van der Waals surface area contributed by atoms with Gasteiger partial charge in [-0.2, -0.15) is 15.0 Å². The Balaban J connectivity index is 1.55. The summed E-state index contributed by atoms with van der Waals surface area (Å²) in [6, 6.07) is 2.10. The van der Waals surface area contributed by atoms with E-state index in [1.165, 1.54) is 0 Å². The van der Waals surface area contributed by atoms with Crippen molar-refractivity contribution in [3.8, 4) is 0 Å². The van der Waals surface area contributed by atoms with Crippen molar-refractivity contribution in [1.29, 1.82) is 0 Å². The van der Waals surface area contributed by atoms with Gasteiger partial charge in [-0.05, 0) is 11.4 Å². The molecule has 1 saturated heterocycles. The van der Waals surface area contributed by atoms with Crippen LogP contribution in [-0.2, 0) is 0 Å². The highest BCUT2D eigenvalue weighted by Crippen LogP contribution is 2.28. The van der Waals surface area contributed by atoms with Crippen LogP contribution in [0.25, 0.3) is 10.2 Å². The first-order valence-corrected chi connectivity index (χ1v) is 10.0. The molecule has 0 spiro atoms. The first-order chi connectivity index (χ1) is 13.0. The number of thiophene rings is 1. The molecule has 1 aliphatic heterocycles. The van der Waals surface area contributed by atoms with Gasteiger partial charge < -0.3 is 14.7 Å². The molecule has 3 aromatic rings. The average molecular weight is 385 g/mol. The number of nitrogens with zero attached hydrogens (tertiary/aromatic N) is 8. The van der Waals surface area contributed by atoms with E-state index >= 15 is 0 Å². The highest BCUT2D eigenvalue weighted by atomic mass is 32.1. The second-order valence-corrected chi connectivity index (χ2v) is 8.05. The van der Waals surface area contributed by atoms with E-state index in [1.807, 2.05) is 19.0 Å². The van der Waals surface area contributed by atoms with Crippen LogP contribution in [-0.4, -0.2) is 65.2 Å². The van der Waals surface area contributed by atoms with E-state index in [2.05, 4.69) is 55.0 Å². The van der Waals surface area contributed by atoms with E-state index in [0.29, 0.717) is 5.95 Å². The first kappa shape index (κ1) is 17.8. The lowest BCUT2D eigenvalue weighted by molar-refractivity contribution is 0.627. The van der Waals surface area contributed by atoms with Crippen molar-refractivity contribution in [3.63, 3.8) is 0 Å². The van der Waals surface area contributed by atoms with Gasteiger partial charge in [-0.3, -0.25) is 0 Å². The predicted molar refractivity (Wildman–Crippen MR) is 110 cm³/mol. The number of hydrogen-bond donors (Lipinski definition) is 0. The Hall–Kier alpha value is -2.55. The van der Waals surface area contributed by atoms with Crippen LogP contribution in [0, 0.1) is 0 Å². The topological polar surface area (TPSA) is 74.2 Å². The Kier molecular flexibility index (Phi) is 4.77. The molecule has 1 aliphatic rings. The van der Waals surface area contributed by atoms with Crippen LogP contribution in [0.3, 0.4) is 0 Å². The zero-order chi connectivity index (χ0) is 19.0. The number of anilines is 3. The normalized spacial score (nSPS) is 15.0. The van der Waals surface area contributed by atoms with Gasteiger partial charge in [0.25, 0.3) is 0 Å². The highest BCUT2D eigenvalue weighted by Gasteiger charge is 2.23. The second kappa shape index (κ2) is 7.22. The Morgan fingerprint density at radius 1 is 1.00 bits per heavy atom. The molecular weight excluding hydrogens is 360 g/mol. The van der Waals surface area contributed by atoms with Gasteiger partial charge in [-0.15, -0.1) is 11.3 Å². The minimum Gasteiger partial charge on any atom is -0.352 e. The van der Waals surface area contributed by atoms with Crippen LogP contribution in [0.15, 0.2) is 17.8 Å². The van der Waals surface area contributed by atoms with Crippen molar-refractivity contribution in [1.82, 2.24) is 24.9 Å². The third-order valence-electron chi connectivity index (χ3n) is 4.65. The zero-order valence-corrected chi connectivity index (χ0v) is 16.9. The fraction of sp³-hybridized carbons (Fsp3) is 0.500. The van der Waals surface area contributed by atoms with E-state index in [9.17, 15) is 0 Å². The predicted octanol–water partition coefficient (Wildman–Crippen LogP) is 2.39. The maximum absolute atomic E-state index is 4.71. The van der Waals surface area contributed by atoms with Crippen molar-refractivity contribution in [2.75, 3.05) is 55.0 Å². The van der Waals surface area contributed by atoms with Gasteiger partial charge in [0, 0.05) is 46.2 Å². The molecule has 0 saturated carbocycles. The van der Waals surface area contributed by atoms with E-state index in [-0.39, 0.29) is 5.92 Å². The highest BCUT2D eigenvalue weighted by molar-refractivity contribution is 7.16. The summed E-state index contributed by atoms with van der Waals surface area (Å²) in [5, 5.41) is 3.20. The molecule has 0 amide bonds. The van der Waals surface area contributed by atoms with Crippen molar-refractivity contribution in [2.45, 2.75) is 19.8 Å². The molecule has 0 aliphatic carbocycles. The van der Waals surface area contributed by atoms with Crippen LogP contribution in [0.2, 0.25) is 0 Å². The summed E-state index contributed by atoms with van der Waals surface area (Å²) in [5.74, 6) is 3.59. The summed E-state index contributed by atoms with van der Waals surface area (Å²) < 4.78 is 0. The van der Waals surface area contributed by atoms with E-state index in [0.717, 1.165) is 54.0 Å². The lowest BCUT2D eigenvalue weighted by atomic mass is 10.2. The number of hydrogen-bond acceptors (Lipinski definition) is 9. The minimum absolute atomic E-state index is 0.264. The van der Waals surface area contributed by atoms with E-state index in [4.69, 9.17) is 4.98 Å². The van der Waals surface area contributed by atoms with Crippen LogP contribution in [0.4, 0.5) is 17.7 Å². The third-order valence-corrected chi connectivity index (χ3v) is 5.47. The molecule has 8 nitrogen and oxygen atoms in total. The molecule has 0 atom stereocenters. The molecule has 9 heteroatoms.